The topological polar surface area (TPSA) is 61.6 Å². The fourth-order valence-corrected chi connectivity index (χ4v) is 1.55. The first-order chi connectivity index (χ1) is 6.68. The van der Waals surface area contributed by atoms with Crippen LogP contribution in [0.4, 0.5) is 5.69 Å². The molecule has 0 aromatic heterocycles. The van der Waals surface area contributed by atoms with Crippen molar-refractivity contribution in [3.63, 3.8) is 0 Å². The van der Waals surface area contributed by atoms with E-state index in [0.717, 1.165) is 0 Å². The number of rotatable bonds is 1. The molecule has 1 aliphatic heterocycles. The summed E-state index contributed by atoms with van der Waals surface area (Å²) in [6.07, 6.45) is 0. The van der Waals surface area contributed by atoms with Crippen LogP contribution in [0.1, 0.15) is 5.56 Å². The van der Waals surface area contributed by atoms with E-state index in [-0.39, 0.29) is 24.1 Å². The maximum absolute atomic E-state index is 10.5. The largest absolute Gasteiger partial charge is 0.466 e. The molecule has 2 rings (SSSR count). The lowest BCUT2D eigenvalue weighted by molar-refractivity contribution is -0.385. The number of benzene rings is 1. The second kappa shape index (κ2) is 3.43. The number of nitro groups is 1. The molecule has 1 aliphatic rings. The molecule has 5 nitrogen and oxygen atoms in total. The minimum absolute atomic E-state index is 0.0529. The first-order valence-electron chi connectivity index (χ1n) is 3.86. The monoisotopic (exact) mass is 215 g/mol. The van der Waals surface area contributed by atoms with Crippen LogP contribution in [0.2, 0.25) is 5.02 Å². The van der Waals surface area contributed by atoms with Gasteiger partial charge in [-0.25, -0.2) is 0 Å². The van der Waals surface area contributed by atoms with E-state index in [1.807, 2.05) is 0 Å². The van der Waals surface area contributed by atoms with Crippen LogP contribution in [0.3, 0.4) is 0 Å². The molecule has 1 aromatic rings. The highest BCUT2D eigenvalue weighted by Crippen LogP contribution is 2.35. The smallest absolute Gasteiger partial charge is 0.271 e. The van der Waals surface area contributed by atoms with Gasteiger partial charge in [0.1, 0.15) is 5.75 Å². The molecule has 0 amide bonds. The summed E-state index contributed by atoms with van der Waals surface area (Å²) in [6.45, 7) is 0.418. The molecule has 0 radical (unpaired) electrons. The molecule has 0 saturated carbocycles. The molecule has 0 saturated heterocycles. The number of hydrogen-bond acceptors (Lipinski definition) is 4. The van der Waals surface area contributed by atoms with Gasteiger partial charge < -0.3 is 9.47 Å². The third-order valence-corrected chi connectivity index (χ3v) is 2.14. The number of nitro benzene ring substituents is 1. The molecule has 74 valence electrons. The molecule has 6 heteroatoms. The van der Waals surface area contributed by atoms with Crippen LogP contribution in [-0.2, 0) is 11.3 Å². The van der Waals surface area contributed by atoms with Crippen LogP contribution >= 0.6 is 11.6 Å². The van der Waals surface area contributed by atoms with Gasteiger partial charge in [0.25, 0.3) is 5.69 Å². The van der Waals surface area contributed by atoms with Crippen LogP contribution in [0.25, 0.3) is 0 Å². The summed E-state index contributed by atoms with van der Waals surface area (Å²) in [5.41, 5.74) is 0.554. The van der Waals surface area contributed by atoms with Gasteiger partial charge in [0, 0.05) is 17.7 Å². The molecule has 0 fully saturated rings. The third-order valence-electron chi connectivity index (χ3n) is 1.86. The fourth-order valence-electron chi connectivity index (χ4n) is 1.26. The van der Waals surface area contributed by atoms with Gasteiger partial charge in [-0.3, -0.25) is 10.1 Å². The third kappa shape index (κ3) is 1.51. The lowest BCUT2D eigenvalue weighted by atomic mass is 10.2. The molecule has 0 aliphatic carbocycles. The molecule has 0 unspecified atom stereocenters. The minimum atomic E-state index is -0.499. The Balaban J connectivity index is 2.51. The molecule has 14 heavy (non-hydrogen) atoms. The summed E-state index contributed by atoms with van der Waals surface area (Å²) in [5, 5.41) is 10.8. The van der Waals surface area contributed by atoms with E-state index in [1.54, 1.807) is 0 Å². The Bertz CT molecular complexity index is 393. The average molecular weight is 216 g/mol. The van der Waals surface area contributed by atoms with Crippen LogP contribution in [0.15, 0.2) is 12.1 Å². The van der Waals surface area contributed by atoms with Crippen molar-refractivity contribution in [3.8, 4) is 5.75 Å². The highest BCUT2D eigenvalue weighted by atomic mass is 35.5. The number of nitrogens with zero attached hydrogens (tertiary/aromatic N) is 1. The van der Waals surface area contributed by atoms with E-state index in [0.29, 0.717) is 11.3 Å². The van der Waals surface area contributed by atoms with Crippen molar-refractivity contribution in [2.75, 3.05) is 6.79 Å². The molecule has 1 heterocycles. The summed E-state index contributed by atoms with van der Waals surface area (Å²) >= 11 is 5.81. The van der Waals surface area contributed by atoms with Crippen molar-refractivity contribution in [2.24, 2.45) is 0 Å². The van der Waals surface area contributed by atoms with Crippen molar-refractivity contribution in [2.45, 2.75) is 6.61 Å². The van der Waals surface area contributed by atoms with E-state index in [9.17, 15) is 10.1 Å². The predicted octanol–water partition coefficient (Wildman–Crippen LogP) is 2.11. The lowest BCUT2D eigenvalue weighted by Gasteiger charge is -2.18. The number of ether oxygens (including phenoxy) is 2. The number of halogens is 1. The van der Waals surface area contributed by atoms with Crippen LogP contribution < -0.4 is 4.74 Å². The van der Waals surface area contributed by atoms with Crippen molar-refractivity contribution in [1.82, 2.24) is 0 Å². The number of hydrogen-bond donors (Lipinski definition) is 0. The summed E-state index contributed by atoms with van der Waals surface area (Å²) in [4.78, 5) is 10.0. The Labute approximate surface area is 84.3 Å². The maximum Gasteiger partial charge on any atom is 0.271 e. The van der Waals surface area contributed by atoms with Crippen LogP contribution in [-0.4, -0.2) is 11.7 Å². The zero-order chi connectivity index (χ0) is 10.1. The van der Waals surface area contributed by atoms with Crippen molar-refractivity contribution < 1.29 is 14.4 Å². The molecule has 1 aromatic carbocycles. The Kier molecular flexibility index (Phi) is 2.26. The molecule has 0 spiro atoms. The molecule has 0 atom stereocenters. The molecule has 0 bridgehead atoms. The second-order valence-electron chi connectivity index (χ2n) is 2.78. The summed E-state index contributed by atoms with van der Waals surface area (Å²) in [7, 11) is 0. The number of non-ortho nitro benzene ring substituents is 1. The Morgan fingerprint density at radius 3 is 3.00 bits per heavy atom. The minimum Gasteiger partial charge on any atom is -0.466 e. The molecular weight excluding hydrogens is 210 g/mol. The van der Waals surface area contributed by atoms with Crippen LogP contribution in [0.5, 0.6) is 5.75 Å². The molecular formula is C8H6ClNO4. The van der Waals surface area contributed by atoms with E-state index in [1.165, 1.54) is 12.1 Å². The first-order valence-corrected chi connectivity index (χ1v) is 4.23. The lowest BCUT2D eigenvalue weighted by Crippen LogP contribution is -2.11. The van der Waals surface area contributed by atoms with E-state index < -0.39 is 4.92 Å². The zero-order valence-corrected chi connectivity index (χ0v) is 7.78. The normalized spacial score (nSPS) is 14.4. The SMILES string of the molecule is O=[N+]([O-])c1cc(Cl)c2c(c1)COCO2. The quantitative estimate of drug-likeness (QED) is 0.532. The highest BCUT2D eigenvalue weighted by Gasteiger charge is 2.19. The Morgan fingerprint density at radius 1 is 1.50 bits per heavy atom. The average Bonchev–Trinajstić information content (AvgIpc) is 2.17. The van der Waals surface area contributed by atoms with E-state index in [4.69, 9.17) is 21.1 Å². The van der Waals surface area contributed by atoms with Crippen molar-refractivity contribution in [3.05, 3.63) is 32.8 Å². The predicted molar refractivity (Wildman–Crippen MR) is 48.4 cm³/mol. The number of fused-ring (bicyclic) bond motifs is 1. The van der Waals surface area contributed by atoms with Crippen LogP contribution in [0, 0.1) is 10.1 Å². The van der Waals surface area contributed by atoms with Gasteiger partial charge in [0.2, 0.25) is 0 Å². The van der Waals surface area contributed by atoms with E-state index in [2.05, 4.69) is 0 Å². The van der Waals surface area contributed by atoms with Crippen molar-refractivity contribution in [1.29, 1.82) is 0 Å². The summed E-state index contributed by atoms with van der Waals surface area (Å²) in [6, 6.07) is 2.67. The van der Waals surface area contributed by atoms with Gasteiger partial charge in [-0.15, -0.1) is 0 Å². The van der Waals surface area contributed by atoms with Gasteiger partial charge in [-0.05, 0) is 0 Å². The maximum atomic E-state index is 10.5. The van der Waals surface area contributed by atoms with Gasteiger partial charge in [0.05, 0.1) is 16.6 Å². The van der Waals surface area contributed by atoms with Gasteiger partial charge in [-0.2, -0.15) is 0 Å². The zero-order valence-electron chi connectivity index (χ0n) is 7.03. The van der Waals surface area contributed by atoms with Gasteiger partial charge in [0.15, 0.2) is 6.79 Å². The fraction of sp³-hybridized carbons (Fsp3) is 0.250. The van der Waals surface area contributed by atoms with Gasteiger partial charge >= 0.3 is 0 Å². The highest BCUT2D eigenvalue weighted by molar-refractivity contribution is 6.32. The first kappa shape index (κ1) is 9.23. The Hall–Kier alpha value is -1.33. The second-order valence-corrected chi connectivity index (χ2v) is 3.19. The Morgan fingerprint density at radius 2 is 2.29 bits per heavy atom. The standard InChI is InChI=1S/C8H6ClNO4/c9-7-2-6(10(11)12)1-5-3-13-4-14-8(5)7/h1-2H,3-4H2. The summed E-state index contributed by atoms with van der Waals surface area (Å²) in [5.74, 6) is 0.475. The van der Waals surface area contributed by atoms with E-state index >= 15 is 0 Å². The molecule has 0 N–H and O–H groups in total. The summed E-state index contributed by atoms with van der Waals surface area (Å²) < 4.78 is 10.1. The van der Waals surface area contributed by atoms with Gasteiger partial charge in [-0.1, -0.05) is 11.6 Å². The van der Waals surface area contributed by atoms with Crippen molar-refractivity contribution >= 4 is 17.3 Å².